The molecule has 0 radical (unpaired) electrons. The number of Topliss-reactive ketones (excluding diaryl/α,β-unsaturated/α-hetero) is 2. The molecule has 0 aromatic rings. The quantitative estimate of drug-likeness (QED) is 0.706. The summed E-state index contributed by atoms with van der Waals surface area (Å²) in [5.41, 5.74) is -1.10. The van der Waals surface area contributed by atoms with Gasteiger partial charge in [0, 0.05) is 23.2 Å². The Bertz CT molecular complexity index is 773. The molecule has 0 spiro atoms. The van der Waals surface area contributed by atoms with Crippen LogP contribution < -0.4 is 0 Å². The molecule has 6 nitrogen and oxygen atoms in total. The first kappa shape index (κ1) is 17.7. The van der Waals surface area contributed by atoms with Gasteiger partial charge in [0.15, 0.2) is 11.6 Å². The van der Waals surface area contributed by atoms with Gasteiger partial charge in [-0.2, -0.15) is 0 Å². The molecule has 5 aliphatic rings. The Hall–Kier alpha value is -1.40. The SMILES string of the molecule is C[C@@H]1CC(=O)C2=C(O1)O[C@]1(C)CC[C@@H]3[C@](C)(CO)[C@@H]4O[C@@H]4C(=O)[C@@]3(C)[C@H]1C2. The average molecular weight is 376 g/mol. The Kier molecular flexibility index (Phi) is 3.37. The van der Waals surface area contributed by atoms with Crippen LogP contribution >= 0.6 is 0 Å². The van der Waals surface area contributed by atoms with Crippen molar-refractivity contribution in [3.8, 4) is 0 Å². The van der Waals surface area contributed by atoms with E-state index in [1.807, 2.05) is 27.7 Å². The molecule has 1 N–H and O–H groups in total. The number of ketones is 2. The molecule has 1 saturated heterocycles. The molecule has 148 valence electrons. The van der Waals surface area contributed by atoms with E-state index in [4.69, 9.17) is 14.2 Å². The molecule has 3 aliphatic heterocycles. The number of fused-ring (bicyclic) bond motifs is 4. The van der Waals surface area contributed by atoms with Gasteiger partial charge in [0.25, 0.3) is 5.95 Å². The zero-order chi connectivity index (χ0) is 19.4. The van der Waals surface area contributed by atoms with Gasteiger partial charge in [-0.3, -0.25) is 9.59 Å². The minimum atomic E-state index is -0.690. The molecule has 6 heteroatoms. The van der Waals surface area contributed by atoms with E-state index in [0.717, 1.165) is 12.8 Å². The van der Waals surface area contributed by atoms with Gasteiger partial charge in [-0.05, 0) is 39.0 Å². The van der Waals surface area contributed by atoms with Crippen molar-refractivity contribution in [1.82, 2.24) is 0 Å². The molecule has 8 atom stereocenters. The largest absolute Gasteiger partial charge is 0.462 e. The number of carbonyl (C=O) groups is 2. The number of epoxide rings is 1. The molecule has 3 fully saturated rings. The van der Waals surface area contributed by atoms with Crippen LogP contribution in [0.5, 0.6) is 0 Å². The van der Waals surface area contributed by atoms with Crippen LogP contribution in [0.3, 0.4) is 0 Å². The first-order valence-corrected chi connectivity index (χ1v) is 10.1. The van der Waals surface area contributed by atoms with Gasteiger partial charge in [-0.15, -0.1) is 0 Å². The van der Waals surface area contributed by atoms with Gasteiger partial charge in [0.2, 0.25) is 0 Å². The van der Waals surface area contributed by atoms with Crippen LogP contribution in [0.1, 0.15) is 53.4 Å². The Morgan fingerprint density at radius 1 is 1.15 bits per heavy atom. The number of hydrogen-bond donors (Lipinski definition) is 1. The van der Waals surface area contributed by atoms with Crippen LogP contribution in [0.4, 0.5) is 0 Å². The minimum Gasteiger partial charge on any atom is -0.462 e. The summed E-state index contributed by atoms with van der Waals surface area (Å²) in [7, 11) is 0. The molecule has 2 aliphatic carbocycles. The van der Waals surface area contributed by atoms with Gasteiger partial charge in [0.1, 0.15) is 17.8 Å². The number of carbonyl (C=O) groups excluding carboxylic acids is 2. The Morgan fingerprint density at radius 3 is 2.59 bits per heavy atom. The highest BCUT2D eigenvalue weighted by molar-refractivity contribution is 5.97. The van der Waals surface area contributed by atoms with Crippen LogP contribution in [0, 0.1) is 22.7 Å². The number of hydrogen-bond acceptors (Lipinski definition) is 6. The van der Waals surface area contributed by atoms with Crippen molar-refractivity contribution in [2.45, 2.75) is 77.3 Å². The predicted octanol–water partition coefficient (Wildman–Crippen LogP) is 2.14. The summed E-state index contributed by atoms with van der Waals surface area (Å²) in [5.74, 6) is 0.420. The smallest absolute Gasteiger partial charge is 0.286 e. The number of allylic oxidation sites excluding steroid dienone is 1. The highest BCUT2D eigenvalue weighted by Gasteiger charge is 2.75. The predicted molar refractivity (Wildman–Crippen MR) is 94.5 cm³/mol. The summed E-state index contributed by atoms with van der Waals surface area (Å²) in [6, 6.07) is 0. The molecule has 0 aromatic carbocycles. The van der Waals surface area contributed by atoms with Crippen LogP contribution in [0.15, 0.2) is 11.5 Å². The highest BCUT2D eigenvalue weighted by Crippen LogP contribution is 2.67. The number of rotatable bonds is 1. The van der Waals surface area contributed by atoms with E-state index < -0.39 is 22.5 Å². The maximum Gasteiger partial charge on any atom is 0.286 e. The third kappa shape index (κ3) is 2.03. The molecule has 0 amide bonds. The van der Waals surface area contributed by atoms with Crippen molar-refractivity contribution in [2.75, 3.05) is 6.61 Å². The number of aliphatic hydroxyl groups is 1. The van der Waals surface area contributed by atoms with Crippen molar-refractivity contribution in [1.29, 1.82) is 0 Å². The van der Waals surface area contributed by atoms with E-state index in [1.165, 1.54) is 0 Å². The fourth-order valence-electron chi connectivity index (χ4n) is 6.70. The summed E-state index contributed by atoms with van der Waals surface area (Å²) < 4.78 is 17.9. The summed E-state index contributed by atoms with van der Waals surface area (Å²) in [5, 5.41) is 10.2. The fourth-order valence-corrected chi connectivity index (χ4v) is 6.70. The summed E-state index contributed by atoms with van der Waals surface area (Å²) in [6.45, 7) is 7.97. The van der Waals surface area contributed by atoms with Crippen LogP contribution in [-0.2, 0) is 23.8 Å². The highest BCUT2D eigenvalue weighted by atomic mass is 16.7. The first-order valence-electron chi connectivity index (χ1n) is 10.1. The molecule has 0 bridgehead atoms. The number of aliphatic hydroxyl groups excluding tert-OH is 1. The summed E-state index contributed by atoms with van der Waals surface area (Å²) in [6.07, 6.45) is 1.59. The van der Waals surface area contributed by atoms with Crippen molar-refractivity contribution >= 4 is 11.6 Å². The minimum absolute atomic E-state index is 0.000498. The lowest BCUT2D eigenvalue weighted by Gasteiger charge is -2.61. The van der Waals surface area contributed by atoms with Gasteiger partial charge < -0.3 is 19.3 Å². The fraction of sp³-hybridized carbons (Fsp3) is 0.810. The second-order valence-electron chi connectivity index (χ2n) is 9.87. The van der Waals surface area contributed by atoms with Crippen LogP contribution in [0.25, 0.3) is 0 Å². The van der Waals surface area contributed by atoms with Crippen molar-refractivity contribution in [3.05, 3.63) is 11.5 Å². The molecule has 0 aromatic heterocycles. The van der Waals surface area contributed by atoms with Gasteiger partial charge in [-0.1, -0.05) is 13.8 Å². The maximum absolute atomic E-state index is 13.4. The monoisotopic (exact) mass is 376 g/mol. The lowest BCUT2D eigenvalue weighted by atomic mass is 9.44. The first-order chi connectivity index (χ1) is 12.6. The van der Waals surface area contributed by atoms with Crippen molar-refractivity contribution in [3.63, 3.8) is 0 Å². The zero-order valence-electron chi connectivity index (χ0n) is 16.4. The summed E-state index contributed by atoms with van der Waals surface area (Å²) >= 11 is 0. The Balaban J connectivity index is 1.60. The molecule has 0 unspecified atom stereocenters. The molecular weight excluding hydrogens is 348 g/mol. The standard InChI is InChI=1S/C21H28O6/c1-10-7-12(23)11-8-14-20(3,27-18(11)25-10)6-5-13-19(2,9-22)17-15(26-17)16(24)21(13,14)4/h10,13-15,17,22H,5-9H2,1-4H3/t10-,13-,14+,15-,17-,19+,20-,21-/m1/s1. The third-order valence-electron chi connectivity index (χ3n) is 8.28. The molecule has 2 saturated carbocycles. The van der Waals surface area contributed by atoms with E-state index >= 15 is 0 Å². The number of ether oxygens (including phenoxy) is 3. The van der Waals surface area contributed by atoms with E-state index in [1.54, 1.807) is 0 Å². The van der Waals surface area contributed by atoms with Crippen LogP contribution in [-0.4, -0.2) is 47.2 Å². The van der Waals surface area contributed by atoms with E-state index in [-0.39, 0.29) is 42.2 Å². The van der Waals surface area contributed by atoms with Crippen molar-refractivity contribution < 1.29 is 28.9 Å². The summed E-state index contributed by atoms with van der Waals surface area (Å²) in [4.78, 5) is 26.1. The molecule has 27 heavy (non-hydrogen) atoms. The lowest BCUT2D eigenvalue weighted by Crippen LogP contribution is -2.66. The topological polar surface area (TPSA) is 85.4 Å². The third-order valence-corrected chi connectivity index (χ3v) is 8.28. The molecule has 3 heterocycles. The van der Waals surface area contributed by atoms with Gasteiger partial charge >= 0.3 is 0 Å². The van der Waals surface area contributed by atoms with Crippen molar-refractivity contribution in [2.24, 2.45) is 22.7 Å². The molecule has 5 rings (SSSR count). The van der Waals surface area contributed by atoms with Crippen LogP contribution in [0.2, 0.25) is 0 Å². The van der Waals surface area contributed by atoms with Gasteiger partial charge in [0.05, 0.1) is 18.3 Å². The van der Waals surface area contributed by atoms with Gasteiger partial charge in [-0.25, -0.2) is 0 Å². The van der Waals surface area contributed by atoms with E-state index in [9.17, 15) is 14.7 Å². The second-order valence-corrected chi connectivity index (χ2v) is 9.87. The lowest BCUT2D eigenvalue weighted by molar-refractivity contribution is -0.211. The average Bonchev–Trinajstić information content (AvgIpc) is 3.40. The normalized spacial score (nSPS) is 53.4. The maximum atomic E-state index is 13.4. The molecular formula is C21H28O6. The van der Waals surface area contributed by atoms with E-state index in [2.05, 4.69) is 0 Å². The zero-order valence-corrected chi connectivity index (χ0v) is 16.4. The second kappa shape index (κ2) is 5.15. The Morgan fingerprint density at radius 2 is 1.89 bits per heavy atom. The van der Waals surface area contributed by atoms with E-state index in [0.29, 0.717) is 24.4 Å². The Labute approximate surface area is 159 Å².